The third-order valence-electron chi connectivity index (χ3n) is 3.87. The minimum atomic E-state index is 0.976. The van der Waals surface area contributed by atoms with Crippen LogP contribution in [0.1, 0.15) is 52.4 Å². The van der Waals surface area contributed by atoms with Crippen LogP contribution in [-0.2, 0) is 0 Å². The minimum Gasteiger partial charge on any atom is -0.0738 e. The zero-order valence-corrected chi connectivity index (χ0v) is 8.40. The summed E-state index contributed by atoms with van der Waals surface area (Å²) in [5, 5.41) is 0. The molecule has 0 aliphatic heterocycles. The van der Waals surface area contributed by atoms with Gasteiger partial charge in [-0.25, -0.2) is 0 Å². The van der Waals surface area contributed by atoms with Gasteiger partial charge in [-0.15, -0.1) is 0 Å². The van der Waals surface area contributed by atoms with Crippen LogP contribution >= 0.6 is 0 Å². The number of rotatable bonds is 0. The quantitative estimate of drug-likeness (QED) is 0.476. The van der Waals surface area contributed by atoms with Crippen LogP contribution in [0.3, 0.4) is 0 Å². The average molecular weight is 164 g/mol. The maximum absolute atomic E-state index is 2.45. The normalized spacial score (nSPS) is 36.5. The highest BCUT2D eigenvalue weighted by atomic mass is 14.3. The van der Waals surface area contributed by atoms with Gasteiger partial charge in [0, 0.05) is 0 Å². The molecule has 1 saturated carbocycles. The molecule has 2 aliphatic carbocycles. The molecule has 68 valence electrons. The standard InChI is InChI=1S/C12H20/c1-9-7-8-10(2)12-6-4-3-5-11(9)12/h9,11H,3-8H2,1-2H3. The lowest BCUT2D eigenvalue weighted by molar-refractivity contribution is 0.297. The molecule has 2 unspecified atom stereocenters. The first-order chi connectivity index (χ1) is 5.79. The molecule has 0 heterocycles. The Morgan fingerprint density at radius 3 is 2.67 bits per heavy atom. The van der Waals surface area contributed by atoms with E-state index in [1.165, 1.54) is 38.5 Å². The molecule has 0 aromatic carbocycles. The monoisotopic (exact) mass is 164 g/mol. The number of fused-ring (bicyclic) bond motifs is 1. The van der Waals surface area contributed by atoms with Gasteiger partial charge in [0.25, 0.3) is 0 Å². The van der Waals surface area contributed by atoms with Crippen molar-refractivity contribution in [2.24, 2.45) is 11.8 Å². The molecule has 0 saturated heterocycles. The first-order valence-corrected chi connectivity index (χ1v) is 5.47. The van der Waals surface area contributed by atoms with Crippen LogP contribution in [0.15, 0.2) is 11.1 Å². The highest BCUT2D eigenvalue weighted by molar-refractivity contribution is 5.20. The first kappa shape index (κ1) is 8.34. The largest absolute Gasteiger partial charge is 0.0738 e. The maximum Gasteiger partial charge on any atom is -0.0175 e. The van der Waals surface area contributed by atoms with E-state index in [0.717, 1.165) is 11.8 Å². The van der Waals surface area contributed by atoms with Crippen LogP contribution in [0, 0.1) is 11.8 Å². The van der Waals surface area contributed by atoms with Crippen molar-refractivity contribution < 1.29 is 0 Å². The van der Waals surface area contributed by atoms with Gasteiger partial charge >= 0.3 is 0 Å². The van der Waals surface area contributed by atoms with Gasteiger partial charge in [-0.2, -0.15) is 0 Å². The molecule has 0 heteroatoms. The summed E-state index contributed by atoms with van der Waals surface area (Å²) in [4.78, 5) is 0. The summed E-state index contributed by atoms with van der Waals surface area (Å²) in [6.45, 7) is 4.81. The minimum absolute atomic E-state index is 0.976. The molecule has 0 bridgehead atoms. The van der Waals surface area contributed by atoms with Crippen LogP contribution < -0.4 is 0 Å². The Balaban J connectivity index is 2.23. The molecule has 0 amide bonds. The predicted octanol–water partition coefficient (Wildman–Crippen LogP) is 3.92. The van der Waals surface area contributed by atoms with Gasteiger partial charge in [0.2, 0.25) is 0 Å². The Hall–Kier alpha value is -0.260. The van der Waals surface area contributed by atoms with E-state index in [4.69, 9.17) is 0 Å². The van der Waals surface area contributed by atoms with Crippen LogP contribution in [0.25, 0.3) is 0 Å². The van der Waals surface area contributed by atoms with E-state index in [9.17, 15) is 0 Å². The first-order valence-electron chi connectivity index (χ1n) is 5.47. The third kappa shape index (κ3) is 1.32. The Labute approximate surface area is 76.1 Å². The van der Waals surface area contributed by atoms with E-state index in [1.54, 1.807) is 5.57 Å². The average Bonchev–Trinajstić information content (AvgIpc) is 2.12. The highest BCUT2D eigenvalue weighted by Crippen LogP contribution is 2.42. The zero-order chi connectivity index (χ0) is 8.55. The summed E-state index contributed by atoms with van der Waals surface area (Å²) in [5.41, 5.74) is 3.58. The van der Waals surface area contributed by atoms with Crippen molar-refractivity contribution in [3.63, 3.8) is 0 Å². The summed E-state index contributed by atoms with van der Waals surface area (Å²) in [6, 6.07) is 0. The Bertz CT molecular complexity index is 200. The highest BCUT2D eigenvalue weighted by Gasteiger charge is 2.28. The second kappa shape index (κ2) is 3.24. The number of hydrogen-bond donors (Lipinski definition) is 0. The molecule has 2 rings (SSSR count). The molecular formula is C12H20. The van der Waals surface area contributed by atoms with E-state index < -0.39 is 0 Å². The van der Waals surface area contributed by atoms with Gasteiger partial charge in [-0.1, -0.05) is 24.5 Å². The van der Waals surface area contributed by atoms with Gasteiger partial charge in [0.1, 0.15) is 0 Å². The molecule has 0 spiro atoms. The molecule has 1 fully saturated rings. The molecule has 2 atom stereocenters. The fourth-order valence-corrected chi connectivity index (χ4v) is 3.00. The Kier molecular flexibility index (Phi) is 2.25. The van der Waals surface area contributed by atoms with Crippen LogP contribution in [0.2, 0.25) is 0 Å². The Morgan fingerprint density at radius 1 is 1.08 bits per heavy atom. The van der Waals surface area contributed by atoms with Gasteiger partial charge in [0.05, 0.1) is 0 Å². The number of allylic oxidation sites excluding steroid dienone is 2. The smallest absolute Gasteiger partial charge is 0.0175 e. The third-order valence-corrected chi connectivity index (χ3v) is 3.87. The molecule has 0 aromatic heterocycles. The Morgan fingerprint density at radius 2 is 1.92 bits per heavy atom. The number of hydrogen-bond acceptors (Lipinski definition) is 0. The van der Waals surface area contributed by atoms with E-state index in [2.05, 4.69) is 13.8 Å². The molecule has 0 aromatic rings. The van der Waals surface area contributed by atoms with Crippen molar-refractivity contribution in [1.29, 1.82) is 0 Å². The van der Waals surface area contributed by atoms with E-state index in [-0.39, 0.29) is 0 Å². The van der Waals surface area contributed by atoms with Gasteiger partial charge < -0.3 is 0 Å². The predicted molar refractivity (Wildman–Crippen MR) is 53.1 cm³/mol. The lowest BCUT2D eigenvalue weighted by atomic mass is 9.70. The molecule has 0 radical (unpaired) electrons. The molecule has 0 N–H and O–H groups in total. The summed E-state index contributed by atoms with van der Waals surface area (Å²) in [5.74, 6) is 1.96. The van der Waals surface area contributed by atoms with E-state index >= 15 is 0 Å². The zero-order valence-electron chi connectivity index (χ0n) is 8.40. The molecule has 0 nitrogen and oxygen atoms in total. The van der Waals surface area contributed by atoms with Crippen LogP contribution in [-0.4, -0.2) is 0 Å². The molecule has 2 aliphatic rings. The van der Waals surface area contributed by atoms with Crippen molar-refractivity contribution >= 4 is 0 Å². The fourth-order valence-electron chi connectivity index (χ4n) is 3.00. The van der Waals surface area contributed by atoms with Crippen molar-refractivity contribution in [1.82, 2.24) is 0 Å². The summed E-state index contributed by atoms with van der Waals surface area (Å²) < 4.78 is 0. The summed E-state index contributed by atoms with van der Waals surface area (Å²) in [7, 11) is 0. The van der Waals surface area contributed by atoms with Crippen LogP contribution in [0.4, 0.5) is 0 Å². The lowest BCUT2D eigenvalue weighted by Crippen LogP contribution is -2.23. The van der Waals surface area contributed by atoms with Crippen molar-refractivity contribution in [2.75, 3.05) is 0 Å². The molecule has 12 heavy (non-hydrogen) atoms. The SMILES string of the molecule is CC1=C2CCCCC2C(C)CC1. The van der Waals surface area contributed by atoms with Gasteiger partial charge in [-0.3, -0.25) is 0 Å². The van der Waals surface area contributed by atoms with E-state index in [0.29, 0.717) is 0 Å². The lowest BCUT2D eigenvalue weighted by Gasteiger charge is -2.36. The van der Waals surface area contributed by atoms with Crippen LogP contribution in [0.5, 0.6) is 0 Å². The summed E-state index contributed by atoms with van der Waals surface area (Å²) >= 11 is 0. The van der Waals surface area contributed by atoms with Gasteiger partial charge in [0.15, 0.2) is 0 Å². The van der Waals surface area contributed by atoms with Crippen molar-refractivity contribution in [2.45, 2.75) is 52.4 Å². The topological polar surface area (TPSA) is 0 Å². The van der Waals surface area contributed by atoms with E-state index in [1.807, 2.05) is 5.57 Å². The fraction of sp³-hybridized carbons (Fsp3) is 0.833. The summed E-state index contributed by atoms with van der Waals surface area (Å²) in [6.07, 6.45) is 8.66. The van der Waals surface area contributed by atoms with Crippen molar-refractivity contribution in [3.05, 3.63) is 11.1 Å². The maximum atomic E-state index is 2.45. The molecular weight excluding hydrogens is 144 g/mol. The van der Waals surface area contributed by atoms with Crippen molar-refractivity contribution in [3.8, 4) is 0 Å². The van der Waals surface area contributed by atoms with Gasteiger partial charge in [-0.05, 0) is 50.9 Å². The second-order valence-corrected chi connectivity index (χ2v) is 4.67. The second-order valence-electron chi connectivity index (χ2n) is 4.67.